The maximum atomic E-state index is 12.6. The van der Waals surface area contributed by atoms with Gasteiger partial charge in [0.25, 0.3) is 5.91 Å². The average molecular weight is 380 g/mol. The minimum Gasteiger partial charge on any atom is -0.497 e. The van der Waals surface area contributed by atoms with Gasteiger partial charge in [-0.1, -0.05) is 30.7 Å². The second-order valence-electron chi connectivity index (χ2n) is 5.55. The molecule has 0 radical (unpaired) electrons. The number of nitrogens with one attached hydrogen (secondary N) is 1. The van der Waals surface area contributed by atoms with Crippen LogP contribution in [0.3, 0.4) is 0 Å². The summed E-state index contributed by atoms with van der Waals surface area (Å²) in [7, 11) is 1.59. The lowest BCUT2D eigenvalue weighted by atomic mass is 10.0. The molecule has 6 heteroatoms. The first-order valence-corrected chi connectivity index (χ1v) is 9.37. The van der Waals surface area contributed by atoms with Gasteiger partial charge in [-0.3, -0.25) is 4.79 Å². The molecule has 4 nitrogen and oxygen atoms in total. The van der Waals surface area contributed by atoms with E-state index < -0.39 is 12.1 Å². The molecule has 2 aromatic rings. The Morgan fingerprint density at radius 3 is 2.56 bits per heavy atom. The van der Waals surface area contributed by atoms with Crippen LogP contribution in [0.1, 0.15) is 35.9 Å². The Bertz CT molecular complexity index is 721. The SMILES string of the molecule is CCSc1ccc(Cl)cc1C(=O)N[C@H](C)[C@@H](O)c1ccc(OC)cc1. The summed E-state index contributed by atoms with van der Waals surface area (Å²) in [5.41, 5.74) is 1.23. The van der Waals surface area contributed by atoms with Crippen LogP contribution in [0.15, 0.2) is 47.4 Å². The molecule has 0 aliphatic rings. The van der Waals surface area contributed by atoms with Crippen molar-refractivity contribution in [3.63, 3.8) is 0 Å². The number of ether oxygens (including phenoxy) is 1. The quantitative estimate of drug-likeness (QED) is 0.703. The summed E-state index contributed by atoms with van der Waals surface area (Å²) in [5.74, 6) is 1.32. The Balaban J connectivity index is 2.12. The monoisotopic (exact) mass is 379 g/mol. The van der Waals surface area contributed by atoms with Gasteiger partial charge in [0.15, 0.2) is 0 Å². The number of amides is 1. The summed E-state index contributed by atoms with van der Waals surface area (Å²) in [6.45, 7) is 3.79. The van der Waals surface area contributed by atoms with Crippen LogP contribution < -0.4 is 10.1 Å². The molecule has 134 valence electrons. The van der Waals surface area contributed by atoms with E-state index in [1.807, 2.05) is 13.0 Å². The predicted molar refractivity (Wildman–Crippen MR) is 103 cm³/mol. The van der Waals surface area contributed by atoms with Gasteiger partial charge < -0.3 is 15.2 Å². The second kappa shape index (κ2) is 9.13. The molecule has 0 bridgehead atoms. The largest absolute Gasteiger partial charge is 0.497 e. The van der Waals surface area contributed by atoms with E-state index in [4.69, 9.17) is 16.3 Å². The highest BCUT2D eigenvalue weighted by atomic mass is 35.5. The minimum absolute atomic E-state index is 0.251. The highest BCUT2D eigenvalue weighted by Gasteiger charge is 2.21. The molecule has 0 saturated carbocycles. The number of aliphatic hydroxyl groups excluding tert-OH is 1. The van der Waals surface area contributed by atoms with Crippen LogP contribution in [0.2, 0.25) is 5.02 Å². The molecule has 0 heterocycles. The highest BCUT2D eigenvalue weighted by Crippen LogP contribution is 2.26. The van der Waals surface area contributed by atoms with Crippen LogP contribution in [0.5, 0.6) is 5.75 Å². The standard InChI is InChI=1S/C19H22ClNO3S/c1-4-25-17-10-7-14(20)11-16(17)19(23)21-12(2)18(22)13-5-8-15(24-3)9-6-13/h5-12,18,22H,4H2,1-3H3,(H,21,23)/t12-,18-/m1/s1. The molecule has 0 aliphatic heterocycles. The Hall–Kier alpha value is -1.69. The summed E-state index contributed by atoms with van der Waals surface area (Å²) in [6.07, 6.45) is -0.823. The zero-order valence-corrected chi connectivity index (χ0v) is 16.0. The number of carbonyl (C=O) groups is 1. The molecular formula is C19H22ClNO3S. The van der Waals surface area contributed by atoms with Crippen molar-refractivity contribution in [1.29, 1.82) is 0 Å². The topological polar surface area (TPSA) is 58.6 Å². The number of methoxy groups -OCH3 is 1. The van der Waals surface area contributed by atoms with Gasteiger partial charge in [0.05, 0.1) is 24.8 Å². The smallest absolute Gasteiger partial charge is 0.252 e. The van der Waals surface area contributed by atoms with Gasteiger partial charge in [0.1, 0.15) is 5.75 Å². The first kappa shape index (κ1) is 19.6. The maximum absolute atomic E-state index is 12.6. The number of rotatable bonds is 7. The van der Waals surface area contributed by atoms with E-state index in [0.29, 0.717) is 21.9 Å². The Morgan fingerprint density at radius 1 is 1.28 bits per heavy atom. The van der Waals surface area contributed by atoms with Crippen LogP contribution in [0.4, 0.5) is 0 Å². The molecule has 25 heavy (non-hydrogen) atoms. The van der Waals surface area contributed by atoms with Crippen molar-refractivity contribution in [2.75, 3.05) is 12.9 Å². The van der Waals surface area contributed by atoms with Crippen molar-refractivity contribution in [3.8, 4) is 5.75 Å². The molecular weight excluding hydrogens is 358 g/mol. The first-order valence-electron chi connectivity index (χ1n) is 8.01. The summed E-state index contributed by atoms with van der Waals surface area (Å²) < 4.78 is 5.11. The van der Waals surface area contributed by atoms with Crippen molar-refractivity contribution in [2.45, 2.75) is 30.9 Å². The number of thioether (sulfide) groups is 1. The Labute approximate surface area is 157 Å². The third-order valence-corrected chi connectivity index (χ3v) is 4.97. The molecule has 0 aromatic heterocycles. The van der Waals surface area contributed by atoms with E-state index in [-0.39, 0.29) is 5.91 Å². The summed E-state index contributed by atoms with van der Waals surface area (Å²) in [5, 5.41) is 13.9. The number of aliphatic hydroxyl groups is 1. The van der Waals surface area contributed by atoms with Gasteiger partial charge in [-0.25, -0.2) is 0 Å². The lowest BCUT2D eigenvalue weighted by Crippen LogP contribution is -2.37. The molecule has 0 aliphatic carbocycles. The lowest BCUT2D eigenvalue weighted by Gasteiger charge is -2.21. The van der Waals surface area contributed by atoms with Gasteiger partial charge >= 0.3 is 0 Å². The van der Waals surface area contributed by atoms with Gasteiger partial charge in [0, 0.05) is 9.92 Å². The van der Waals surface area contributed by atoms with Crippen molar-refractivity contribution < 1.29 is 14.6 Å². The van der Waals surface area contributed by atoms with Crippen LogP contribution in [0.25, 0.3) is 0 Å². The predicted octanol–water partition coefficient (Wildman–Crippen LogP) is 4.31. The molecule has 0 unspecified atom stereocenters. The van der Waals surface area contributed by atoms with Gasteiger partial charge in [0.2, 0.25) is 0 Å². The van der Waals surface area contributed by atoms with Crippen molar-refractivity contribution >= 4 is 29.3 Å². The molecule has 2 aromatic carbocycles. The fraction of sp³-hybridized carbons (Fsp3) is 0.316. The molecule has 0 saturated heterocycles. The van der Waals surface area contributed by atoms with Gasteiger partial charge in [-0.05, 0) is 48.6 Å². The molecule has 2 atom stereocenters. The fourth-order valence-corrected chi connectivity index (χ4v) is 3.37. The molecule has 0 spiro atoms. The maximum Gasteiger partial charge on any atom is 0.252 e. The number of benzene rings is 2. The van der Waals surface area contributed by atoms with Crippen molar-refractivity contribution in [1.82, 2.24) is 5.32 Å². The molecule has 2 rings (SSSR count). The molecule has 0 fully saturated rings. The summed E-state index contributed by atoms with van der Waals surface area (Å²) in [4.78, 5) is 13.5. The lowest BCUT2D eigenvalue weighted by molar-refractivity contribution is 0.0849. The van der Waals surface area contributed by atoms with Gasteiger partial charge in [-0.2, -0.15) is 0 Å². The number of hydrogen-bond donors (Lipinski definition) is 2. The number of carbonyl (C=O) groups excluding carboxylic acids is 1. The average Bonchev–Trinajstić information content (AvgIpc) is 2.62. The summed E-state index contributed by atoms with van der Waals surface area (Å²) in [6, 6.07) is 11.9. The van der Waals surface area contributed by atoms with E-state index >= 15 is 0 Å². The van der Waals surface area contributed by atoms with E-state index in [0.717, 1.165) is 10.6 Å². The first-order chi connectivity index (χ1) is 12.0. The zero-order chi connectivity index (χ0) is 18.4. The number of halogens is 1. The Morgan fingerprint density at radius 2 is 1.96 bits per heavy atom. The minimum atomic E-state index is -0.823. The zero-order valence-electron chi connectivity index (χ0n) is 14.5. The van der Waals surface area contributed by atoms with Crippen molar-refractivity contribution in [2.24, 2.45) is 0 Å². The normalized spacial score (nSPS) is 13.2. The highest BCUT2D eigenvalue weighted by molar-refractivity contribution is 7.99. The van der Waals surface area contributed by atoms with Crippen LogP contribution in [0, 0.1) is 0 Å². The van der Waals surface area contributed by atoms with Crippen molar-refractivity contribution in [3.05, 3.63) is 58.6 Å². The van der Waals surface area contributed by atoms with E-state index in [1.54, 1.807) is 62.2 Å². The molecule has 2 N–H and O–H groups in total. The van der Waals surface area contributed by atoms with Crippen LogP contribution in [-0.2, 0) is 0 Å². The molecule has 1 amide bonds. The third-order valence-electron chi connectivity index (χ3n) is 3.78. The third kappa shape index (κ3) is 5.14. The fourth-order valence-electron chi connectivity index (χ4n) is 2.41. The van der Waals surface area contributed by atoms with E-state index in [2.05, 4.69) is 5.32 Å². The van der Waals surface area contributed by atoms with Crippen LogP contribution in [-0.4, -0.2) is 29.9 Å². The van der Waals surface area contributed by atoms with E-state index in [1.165, 1.54) is 0 Å². The second-order valence-corrected chi connectivity index (χ2v) is 7.30. The number of hydrogen-bond acceptors (Lipinski definition) is 4. The van der Waals surface area contributed by atoms with Gasteiger partial charge in [-0.15, -0.1) is 11.8 Å². The van der Waals surface area contributed by atoms with E-state index in [9.17, 15) is 9.90 Å². The van der Waals surface area contributed by atoms with Crippen LogP contribution >= 0.6 is 23.4 Å². The summed E-state index contributed by atoms with van der Waals surface area (Å²) >= 11 is 7.61. The Kier molecular flexibility index (Phi) is 7.17.